The van der Waals surface area contributed by atoms with E-state index in [4.69, 9.17) is 9.47 Å². The van der Waals surface area contributed by atoms with Crippen molar-refractivity contribution in [2.45, 2.75) is 12.2 Å². The monoisotopic (exact) mass is 176 g/mol. The molecule has 0 N–H and O–H groups in total. The molecule has 70 valence electrons. The summed E-state index contributed by atoms with van der Waals surface area (Å²) >= 11 is 0. The second-order valence-electron chi connectivity index (χ2n) is 2.42. The molecule has 5 heteroatoms. The first kappa shape index (κ1) is 9.28. The molecule has 1 aliphatic rings. The van der Waals surface area contributed by atoms with Crippen molar-refractivity contribution in [1.82, 2.24) is 0 Å². The minimum absolute atomic E-state index is 0.174. The molecule has 2 unspecified atom stereocenters. The predicted octanol–water partition coefficient (Wildman–Crippen LogP) is 0.183. The van der Waals surface area contributed by atoms with Gasteiger partial charge in [0.1, 0.15) is 25.4 Å². The molecule has 1 heterocycles. The van der Waals surface area contributed by atoms with Gasteiger partial charge in [0.05, 0.1) is 0 Å². The maximum Gasteiger partial charge on any atom is 0.508 e. The van der Waals surface area contributed by atoms with Crippen LogP contribution in [0.1, 0.15) is 0 Å². The molecule has 0 aromatic rings. The summed E-state index contributed by atoms with van der Waals surface area (Å²) in [6.45, 7) is 0.349. The molecule has 0 aromatic heterocycles. The summed E-state index contributed by atoms with van der Waals surface area (Å²) < 4.78 is 19.4. The number of carbonyl (C=O) groups excluding carboxylic acids is 1. The van der Waals surface area contributed by atoms with Gasteiger partial charge in [-0.1, -0.05) is 0 Å². The van der Waals surface area contributed by atoms with Gasteiger partial charge < -0.3 is 18.9 Å². The van der Waals surface area contributed by atoms with Crippen molar-refractivity contribution in [2.75, 3.05) is 27.4 Å². The summed E-state index contributed by atoms with van der Waals surface area (Å²) in [6, 6.07) is 0. The average Bonchev–Trinajstić information content (AvgIpc) is 2.27. The maximum atomic E-state index is 10.7. The van der Waals surface area contributed by atoms with Crippen molar-refractivity contribution >= 4 is 6.16 Å². The summed E-state index contributed by atoms with van der Waals surface area (Å²) in [6.07, 6.45) is -1.17. The van der Waals surface area contributed by atoms with Crippen LogP contribution >= 0.6 is 0 Å². The zero-order valence-electron chi connectivity index (χ0n) is 7.11. The third kappa shape index (κ3) is 2.09. The lowest BCUT2D eigenvalue weighted by atomic mass is 10.2. The molecule has 5 nitrogen and oxygen atoms in total. The lowest BCUT2D eigenvalue weighted by Crippen LogP contribution is -2.34. The predicted molar refractivity (Wildman–Crippen MR) is 38.9 cm³/mol. The summed E-state index contributed by atoms with van der Waals surface area (Å²) in [5.74, 6) is 0. The van der Waals surface area contributed by atoms with E-state index in [9.17, 15) is 4.79 Å². The number of methoxy groups -OCH3 is 2. The molecule has 0 bridgehead atoms. The molecule has 2 atom stereocenters. The molecule has 12 heavy (non-hydrogen) atoms. The molecule has 0 aliphatic carbocycles. The lowest BCUT2D eigenvalue weighted by Gasteiger charge is -2.19. The van der Waals surface area contributed by atoms with Gasteiger partial charge in [-0.05, 0) is 0 Å². The molecule has 0 aromatic carbocycles. The summed E-state index contributed by atoms with van der Waals surface area (Å²) in [4.78, 5) is 10.7. The maximum absolute atomic E-state index is 10.7. The van der Waals surface area contributed by atoms with Gasteiger partial charge in [-0.3, -0.25) is 0 Å². The Balaban J connectivity index is 2.52. The quantitative estimate of drug-likeness (QED) is 0.562. The molecule has 1 rings (SSSR count). The largest absolute Gasteiger partial charge is 0.508 e. The van der Waals surface area contributed by atoms with Crippen LogP contribution in [0.2, 0.25) is 0 Å². The van der Waals surface area contributed by atoms with Crippen LogP contribution in [0.3, 0.4) is 0 Å². The standard InChI is InChI=1S/C7H12O5/c1-9-5-3-11-7(8)12-4-6(5)10-2/h5-6H,3-4H2,1-2H3. The zero-order chi connectivity index (χ0) is 8.97. The number of carbonyl (C=O) groups is 1. The second kappa shape index (κ2) is 4.27. The van der Waals surface area contributed by atoms with E-state index in [0.29, 0.717) is 0 Å². The Morgan fingerprint density at radius 2 is 1.58 bits per heavy atom. The SMILES string of the molecule is COC1COC(=O)OCC1OC. The molecule has 0 radical (unpaired) electrons. The Morgan fingerprint density at radius 1 is 1.17 bits per heavy atom. The van der Waals surface area contributed by atoms with Gasteiger partial charge in [0.25, 0.3) is 0 Å². The van der Waals surface area contributed by atoms with Crippen molar-refractivity contribution in [3.63, 3.8) is 0 Å². The molecule has 1 saturated heterocycles. The van der Waals surface area contributed by atoms with Crippen molar-refractivity contribution < 1.29 is 23.7 Å². The lowest BCUT2D eigenvalue weighted by molar-refractivity contribution is -0.0564. The number of cyclic esters (lactones) is 2. The highest BCUT2D eigenvalue weighted by atomic mass is 16.7. The van der Waals surface area contributed by atoms with Crippen LogP contribution in [0.4, 0.5) is 4.79 Å². The van der Waals surface area contributed by atoms with Gasteiger partial charge in [-0.25, -0.2) is 4.79 Å². The molecule has 1 fully saturated rings. The van der Waals surface area contributed by atoms with E-state index in [2.05, 4.69) is 9.47 Å². The van der Waals surface area contributed by atoms with Crippen LogP contribution in [0, 0.1) is 0 Å². The number of rotatable bonds is 2. The minimum Gasteiger partial charge on any atom is -0.431 e. The molecular formula is C7H12O5. The fraction of sp³-hybridized carbons (Fsp3) is 0.857. The normalized spacial score (nSPS) is 30.3. The molecule has 0 amide bonds. The van der Waals surface area contributed by atoms with E-state index in [1.807, 2.05) is 0 Å². The molecule has 0 spiro atoms. The number of hydrogen-bond acceptors (Lipinski definition) is 5. The van der Waals surface area contributed by atoms with E-state index in [-0.39, 0.29) is 25.4 Å². The van der Waals surface area contributed by atoms with Crippen molar-refractivity contribution in [3.05, 3.63) is 0 Å². The Morgan fingerprint density at radius 3 is 1.92 bits per heavy atom. The topological polar surface area (TPSA) is 54.0 Å². The first-order valence-electron chi connectivity index (χ1n) is 3.63. The summed E-state index contributed by atoms with van der Waals surface area (Å²) in [5, 5.41) is 0. The Bertz CT molecular complexity index is 142. The van der Waals surface area contributed by atoms with Gasteiger partial charge in [0.2, 0.25) is 0 Å². The van der Waals surface area contributed by atoms with E-state index in [1.54, 1.807) is 0 Å². The van der Waals surface area contributed by atoms with E-state index in [1.165, 1.54) is 14.2 Å². The smallest absolute Gasteiger partial charge is 0.431 e. The van der Waals surface area contributed by atoms with E-state index < -0.39 is 6.16 Å². The fourth-order valence-electron chi connectivity index (χ4n) is 0.996. The third-order valence-electron chi connectivity index (χ3n) is 1.75. The van der Waals surface area contributed by atoms with Crippen molar-refractivity contribution in [1.29, 1.82) is 0 Å². The fourth-order valence-corrected chi connectivity index (χ4v) is 0.996. The van der Waals surface area contributed by atoms with Crippen LogP contribution in [0.5, 0.6) is 0 Å². The summed E-state index contributed by atoms with van der Waals surface area (Å²) in [7, 11) is 3.08. The number of hydrogen-bond donors (Lipinski definition) is 0. The first-order valence-corrected chi connectivity index (χ1v) is 3.63. The van der Waals surface area contributed by atoms with Crippen LogP contribution in [-0.4, -0.2) is 45.8 Å². The highest BCUT2D eigenvalue weighted by Gasteiger charge is 2.28. The summed E-state index contributed by atoms with van der Waals surface area (Å²) in [5.41, 5.74) is 0. The molecule has 0 saturated carbocycles. The average molecular weight is 176 g/mol. The Labute approximate surface area is 70.5 Å². The first-order chi connectivity index (χ1) is 5.77. The van der Waals surface area contributed by atoms with Crippen LogP contribution < -0.4 is 0 Å². The number of ether oxygens (including phenoxy) is 4. The third-order valence-corrected chi connectivity index (χ3v) is 1.75. The van der Waals surface area contributed by atoms with E-state index in [0.717, 1.165) is 0 Å². The van der Waals surface area contributed by atoms with Gasteiger partial charge >= 0.3 is 6.16 Å². The van der Waals surface area contributed by atoms with Crippen LogP contribution in [0.25, 0.3) is 0 Å². The van der Waals surface area contributed by atoms with Crippen molar-refractivity contribution in [3.8, 4) is 0 Å². The Hall–Kier alpha value is -0.810. The van der Waals surface area contributed by atoms with Gasteiger partial charge in [0, 0.05) is 14.2 Å². The van der Waals surface area contributed by atoms with E-state index >= 15 is 0 Å². The van der Waals surface area contributed by atoms with Gasteiger partial charge in [-0.2, -0.15) is 0 Å². The van der Waals surface area contributed by atoms with Crippen molar-refractivity contribution in [2.24, 2.45) is 0 Å². The second-order valence-corrected chi connectivity index (χ2v) is 2.42. The molecule has 1 aliphatic heterocycles. The highest BCUT2D eigenvalue weighted by Crippen LogP contribution is 2.09. The van der Waals surface area contributed by atoms with Gasteiger partial charge in [0.15, 0.2) is 0 Å². The molecular weight excluding hydrogens is 164 g/mol. The minimum atomic E-state index is -0.670. The Kier molecular flexibility index (Phi) is 3.31. The van der Waals surface area contributed by atoms with Gasteiger partial charge in [-0.15, -0.1) is 0 Å². The highest BCUT2D eigenvalue weighted by molar-refractivity contribution is 5.60. The zero-order valence-corrected chi connectivity index (χ0v) is 7.11. The van der Waals surface area contributed by atoms with Crippen LogP contribution in [0.15, 0.2) is 0 Å². The van der Waals surface area contributed by atoms with Crippen LogP contribution in [-0.2, 0) is 18.9 Å².